The van der Waals surface area contributed by atoms with Crippen molar-refractivity contribution in [3.05, 3.63) is 34.0 Å². The Bertz CT molecular complexity index is 632. The molecule has 0 radical (unpaired) electrons. The van der Waals surface area contributed by atoms with E-state index in [-0.39, 0.29) is 24.0 Å². The molecule has 6 nitrogen and oxygen atoms in total. The Labute approximate surface area is 157 Å². The molecule has 1 saturated carbocycles. The third-order valence-electron chi connectivity index (χ3n) is 3.72. The number of rotatable bonds is 6. The number of aliphatic imine (C=N–C) groups is 1. The van der Waals surface area contributed by atoms with Gasteiger partial charge in [0.2, 0.25) is 0 Å². The lowest BCUT2D eigenvalue weighted by molar-refractivity contribution is 0.748. The van der Waals surface area contributed by atoms with Gasteiger partial charge >= 0.3 is 0 Å². The molecule has 0 unspecified atom stereocenters. The fourth-order valence-corrected chi connectivity index (χ4v) is 2.78. The van der Waals surface area contributed by atoms with Crippen molar-refractivity contribution in [2.45, 2.75) is 38.8 Å². The van der Waals surface area contributed by atoms with Crippen LogP contribution in [0.4, 0.5) is 0 Å². The van der Waals surface area contributed by atoms with E-state index in [1.54, 1.807) is 11.3 Å². The fourth-order valence-electron chi connectivity index (χ4n) is 2.07. The van der Waals surface area contributed by atoms with Crippen molar-refractivity contribution in [2.75, 3.05) is 6.54 Å². The van der Waals surface area contributed by atoms with E-state index in [0.29, 0.717) is 12.6 Å². The topological polar surface area (TPSA) is 67.1 Å². The molecule has 0 bridgehead atoms. The average molecular weight is 446 g/mol. The Morgan fingerprint density at radius 2 is 2.26 bits per heavy atom. The molecule has 1 aliphatic carbocycles. The summed E-state index contributed by atoms with van der Waals surface area (Å²) in [6.07, 6.45) is 3.48. The molecule has 3 rings (SSSR count). The molecule has 0 saturated heterocycles. The molecule has 2 heterocycles. The second-order valence-corrected chi connectivity index (χ2v) is 6.59. The largest absolute Gasteiger partial charge is 0.356 e. The maximum Gasteiger partial charge on any atom is 0.191 e. The lowest BCUT2D eigenvalue weighted by atomic mass is 10.3. The first-order valence-electron chi connectivity index (χ1n) is 7.64. The van der Waals surface area contributed by atoms with Crippen molar-refractivity contribution in [1.82, 2.24) is 25.4 Å². The molecule has 0 aliphatic heterocycles. The van der Waals surface area contributed by atoms with Crippen LogP contribution in [0.5, 0.6) is 0 Å². The highest BCUT2D eigenvalue weighted by atomic mass is 127. The predicted octanol–water partition coefficient (Wildman–Crippen LogP) is 2.24. The Hall–Kier alpha value is -1.16. The fraction of sp³-hybridized carbons (Fsp3) is 0.533. The van der Waals surface area contributed by atoms with Crippen molar-refractivity contribution in [1.29, 1.82) is 0 Å². The average Bonchev–Trinajstić information content (AvgIpc) is 3.06. The summed E-state index contributed by atoms with van der Waals surface area (Å²) in [5, 5.41) is 17.2. The van der Waals surface area contributed by atoms with Crippen LogP contribution in [0, 0.1) is 6.92 Å². The van der Waals surface area contributed by atoms with Gasteiger partial charge in [-0.05, 0) is 37.6 Å². The van der Waals surface area contributed by atoms with Gasteiger partial charge in [0, 0.05) is 24.5 Å². The molecule has 0 amide bonds. The molecular weight excluding hydrogens is 423 g/mol. The van der Waals surface area contributed by atoms with E-state index in [4.69, 9.17) is 0 Å². The van der Waals surface area contributed by atoms with Crippen LogP contribution in [0.2, 0.25) is 0 Å². The third kappa shape index (κ3) is 5.45. The second kappa shape index (κ2) is 8.62. The number of aromatic nitrogens is 3. The molecule has 126 valence electrons. The van der Waals surface area contributed by atoms with Gasteiger partial charge in [0.05, 0.1) is 0 Å². The lowest BCUT2D eigenvalue weighted by Crippen LogP contribution is -2.39. The minimum atomic E-state index is 0. The molecule has 0 spiro atoms. The highest BCUT2D eigenvalue weighted by Gasteiger charge is 2.22. The molecule has 1 aliphatic rings. The van der Waals surface area contributed by atoms with Crippen LogP contribution in [0.3, 0.4) is 0 Å². The van der Waals surface area contributed by atoms with Gasteiger partial charge in [-0.3, -0.25) is 0 Å². The molecule has 8 heteroatoms. The van der Waals surface area contributed by atoms with Crippen molar-refractivity contribution in [2.24, 2.45) is 12.0 Å². The van der Waals surface area contributed by atoms with Crippen LogP contribution in [-0.4, -0.2) is 33.3 Å². The number of thiophene rings is 1. The first-order chi connectivity index (χ1) is 10.7. The molecule has 23 heavy (non-hydrogen) atoms. The van der Waals surface area contributed by atoms with Gasteiger partial charge in [-0.15, -0.1) is 45.5 Å². The molecule has 2 N–H and O–H groups in total. The van der Waals surface area contributed by atoms with Crippen molar-refractivity contribution in [3.63, 3.8) is 0 Å². The van der Waals surface area contributed by atoms with Crippen LogP contribution >= 0.6 is 35.3 Å². The summed E-state index contributed by atoms with van der Waals surface area (Å²) in [5.74, 6) is 2.67. The Morgan fingerprint density at radius 3 is 2.87 bits per heavy atom. The SMILES string of the molecule is Cc1nnc(CN=C(NCCc2cccs2)NC2CC2)n1C.I. The van der Waals surface area contributed by atoms with Crippen LogP contribution in [0.15, 0.2) is 22.5 Å². The summed E-state index contributed by atoms with van der Waals surface area (Å²) in [4.78, 5) is 6.03. The van der Waals surface area contributed by atoms with Gasteiger partial charge in [0.25, 0.3) is 0 Å². The van der Waals surface area contributed by atoms with E-state index in [9.17, 15) is 0 Å². The Morgan fingerprint density at radius 1 is 1.43 bits per heavy atom. The number of aryl methyl sites for hydroxylation is 1. The summed E-state index contributed by atoms with van der Waals surface area (Å²) < 4.78 is 1.98. The van der Waals surface area contributed by atoms with E-state index in [0.717, 1.165) is 30.6 Å². The third-order valence-corrected chi connectivity index (χ3v) is 4.66. The van der Waals surface area contributed by atoms with Gasteiger partial charge in [-0.25, -0.2) is 4.99 Å². The number of nitrogens with one attached hydrogen (secondary N) is 2. The number of guanidine groups is 1. The Kier molecular flexibility index (Phi) is 6.82. The molecular formula is C15H23IN6S. The normalized spacial score (nSPS) is 14.4. The van der Waals surface area contributed by atoms with Crippen molar-refractivity contribution >= 4 is 41.3 Å². The smallest absolute Gasteiger partial charge is 0.191 e. The lowest BCUT2D eigenvalue weighted by Gasteiger charge is -2.11. The standard InChI is InChI=1S/C15H22N6S.HI/c1-11-19-20-14(21(11)2)10-17-15(18-12-5-6-12)16-8-7-13-4-3-9-22-13;/h3-4,9,12H,5-8,10H2,1-2H3,(H2,16,17,18);1H. The molecule has 0 aromatic carbocycles. The van der Waals surface area contributed by atoms with Crippen molar-refractivity contribution < 1.29 is 0 Å². The summed E-state index contributed by atoms with van der Waals surface area (Å²) >= 11 is 1.79. The van der Waals surface area contributed by atoms with Crippen LogP contribution in [0.1, 0.15) is 29.4 Å². The molecule has 0 atom stereocenters. The van der Waals surface area contributed by atoms with E-state index >= 15 is 0 Å². The zero-order chi connectivity index (χ0) is 15.4. The quantitative estimate of drug-likeness (QED) is 0.406. The highest BCUT2D eigenvalue weighted by molar-refractivity contribution is 14.0. The molecule has 2 aromatic rings. The number of halogens is 1. The van der Waals surface area contributed by atoms with Gasteiger partial charge in [-0.2, -0.15) is 0 Å². The molecule has 2 aromatic heterocycles. The maximum atomic E-state index is 4.64. The number of hydrogen-bond acceptors (Lipinski definition) is 4. The van der Waals surface area contributed by atoms with Gasteiger partial charge in [0.15, 0.2) is 11.8 Å². The van der Waals surface area contributed by atoms with Crippen LogP contribution in [0.25, 0.3) is 0 Å². The summed E-state index contributed by atoms with van der Waals surface area (Å²) in [7, 11) is 1.97. The van der Waals surface area contributed by atoms with Crippen molar-refractivity contribution in [3.8, 4) is 0 Å². The van der Waals surface area contributed by atoms with Gasteiger partial charge in [-0.1, -0.05) is 6.07 Å². The predicted molar refractivity (Wildman–Crippen MR) is 104 cm³/mol. The zero-order valence-corrected chi connectivity index (χ0v) is 16.6. The molecule has 1 fully saturated rings. The summed E-state index contributed by atoms with van der Waals surface area (Å²) in [6.45, 7) is 3.37. The van der Waals surface area contributed by atoms with E-state index in [1.165, 1.54) is 17.7 Å². The number of nitrogens with zero attached hydrogens (tertiary/aromatic N) is 4. The van der Waals surface area contributed by atoms with Crippen LogP contribution in [-0.2, 0) is 20.0 Å². The van der Waals surface area contributed by atoms with E-state index in [2.05, 4.69) is 43.3 Å². The highest BCUT2D eigenvalue weighted by Crippen LogP contribution is 2.18. The Balaban J connectivity index is 0.00000192. The maximum absolute atomic E-state index is 4.64. The van der Waals surface area contributed by atoms with Crippen LogP contribution < -0.4 is 10.6 Å². The second-order valence-electron chi connectivity index (χ2n) is 5.56. The first-order valence-corrected chi connectivity index (χ1v) is 8.52. The zero-order valence-electron chi connectivity index (χ0n) is 13.5. The van der Waals surface area contributed by atoms with Gasteiger partial charge in [0.1, 0.15) is 12.4 Å². The minimum absolute atomic E-state index is 0. The van der Waals surface area contributed by atoms with E-state index < -0.39 is 0 Å². The monoisotopic (exact) mass is 446 g/mol. The first kappa shape index (κ1) is 18.2. The summed E-state index contributed by atoms with van der Waals surface area (Å²) in [6, 6.07) is 4.84. The minimum Gasteiger partial charge on any atom is -0.356 e. The number of hydrogen-bond donors (Lipinski definition) is 2. The van der Waals surface area contributed by atoms with Gasteiger partial charge < -0.3 is 15.2 Å². The van der Waals surface area contributed by atoms with E-state index in [1.807, 2.05) is 18.5 Å². The summed E-state index contributed by atoms with van der Waals surface area (Å²) in [5.41, 5.74) is 0.